The van der Waals surface area contributed by atoms with Crippen LogP contribution in [0.25, 0.3) is 0 Å². The van der Waals surface area contributed by atoms with Gasteiger partial charge < -0.3 is 5.73 Å². The van der Waals surface area contributed by atoms with Crippen LogP contribution in [0.15, 0.2) is 23.1 Å². The number of hydrogen-bond acceptors (Lipinski definition) is 3. The van der Waals surface area contributed by atoms with E-state index in [0.29, 0.717) is 5.02 Å². The van der Waals surface area contributed by atoms with Crippen LogP contribution in [0.2, 0.25) is 5.02 Å². The molecule has 1 aromatic rings. The average molecular weight is 262 g/mol. The molecule has 0 amide bonds. The van der Waals surface area contributed by atoms with Crippen LogP contribution < -0.4 is 5.73 Å². The molecule has 0 bridgehead atoms. The van der Waals surface area contributed by atoms with Gasteiger partial charge in [0, 0.05) is 5.02 Å². The van der Waals surface area contributed by atoms with Crippen LogP contribution >= 0.6 is 11.6 Å². The summed E-state index contributed by atoms with van der Waals surface area (Å²) in [5.41, 5.74) is 5.88. The van der Waals surface area contributed by atoms with E-state index in [1.807, 2.05) is 13.8 Å². The highest BCUT2D eigenvalue weighted by molar-refractivity contribution is 7.91. The molecule has 0 aliphatic carbocycles. The molecule has 1 unspecified atom stereocenters. The Bertz CT molecular complexity index is 471. The van der Waals surface area contributed by atoms with Crippen molar-refractivity contribution in [3.05, 3.63) is 23.2 Å². The third-order valence-corrected chi connectivity index (χ3v) is 4.79. The Morgan fingerprint density at radius 3 is 2.56 bits per heavy atom. The van der Waals surface area contributed by atoms with Gasteiger partial charge in [-0.2, -0.15) is 0 Å². The van der Waals surface area contributed by atoms with Gasteiger partial charge in [0.2, 0.25) is 0 Å². The standard InChI is InChI=1S/C11H16ClNO2S/c1-3-8(2)7-16(14,15)11-5-4-9(12)6-10(11)13/h4-6,8H,3,7,13H2,1-2H3. The zero-order chi connectivity index (χ0) is 12.3. The first-order valence-electron chi connectivity index (χ1n) is 5.14. The number of sulfone groups is 1. The molecule has 90 valence electrons. The first kappa shape index (κ1) is 13.3. The van der Waals surface area contributed by atoms with Crippen LogP contribution in [0, 0.1) is 5.92 Å². The molecular weight excluding hydrogens is 246 g/mol. The van der Waals surface area contributed by atoms with E-state index in [1.165, 1.54) is 12.1 Å². The summed E-state index contributed by atoms with van der Waals surface area (Å²) >= 11 is 5.73. The van der Waals surface area contributed by atoms with Crippen molar-refractivity contribution in [2.45, 2.75) is 25.2 Å². The first-order valence-corrected chi connectivity index (χ1v) is 7.17. The van der Waals surface area contributed by atoms with Gasteiger partial charge in [0.1, 0.15) is 0 Å². The minimum absolute atomic E-state index is 0.120. The Morgan fingerprint density at radius 2 is 2.06 bits per heavy atom. The molecule has 16 heavy (non-hydrogen) atoms. The Hall–Kier alpha value is -0.740. The zero-order valence-electron chi connectivity index (χ0n) is 9.40. The molecule has 1 rings (SSSR count). The molecule has 5 heteroatoms. The van der Waals surface area contributed by atoms with Crippen LogP contribution in [0.5, 0.6) is 0 Å². The van der Waals surface area contributed by atoms with Gasteiger partial charge in [-0.1, -0.05) is 31.9 Å². The quantitative estimate of drug-likeness (QED) is 0.848. The molecule has 0 aliphatic rings. The minimum Gasteiger partial charge on any atom is -0.398 e. The second-order valence-electron chi connectivity index (χ2n) is 3.98. The molecular formula is C11H16ClNO2S. The second-order valence-corrected chi connectivity index (χ2v) is 6.42. The highest BCUT2D eigenvalue weighted by atomic mass is 35.5. The van der Waals surface area contributed by atoms with Crippen molar-refractivity contribution < 1.29 is 8.42 Å². The first-order chi connectivity index (χ1) is 7.36. The Labute approximate surface area is 102 Å². The van der Waals surface area contributed by atoms with Crippen molar-refractivity contribution in [1.29, 1.82) is 0 Å². The lowest BCUT2D eigenvalue weighted by Crippen LogP contribution is -2.15. The summed E-state index contributed by atoms with van der Waals surface area (Å²) in [5, 5.41) is 0.444. The smallest absolute Gasteiger partial charge is 0.180 e. The predicted octanol–water partition coefficient (Wildman–Crippen LogP) is 2.74. The highest BCUT2D eigenvalue weighted by Gasteiger charge is 2.20. The summed E-state index contributed by atoms with van der Waals surface area (Å²) in [5.74, 6) is 0.245. The fourth-order valence-corrected chi connectivity index (χ4v) is 3.42. The zero-order valence-corrected chi connectivity index (χ0v) is 11.0. The summed E-state index contributed by atoms with van der Waals surface area (Å²) in [6.45, 7) is 3.87. The topological polar surface area (TPSA) is 60.2 Å². The van der Waals surface area contributed by atoms with Crippen molar-refractivity contribution in [2.24, 2.45) is 5.92 Å². The lowest BCUT2D eigenvalue weighted by Gasteiger charge is -2.11. The number of hydrogen-bond donors (Lipinski definition) is 1. The van der Waals surface area contributed by atoms with Crippen molar-refractivity contribution in [3.63, 3.8) is 0 Å². The lowest BCUT2D eigenvalue weighted by molar-refractivity contribution is 0.564. The minimum atomic E-state index is -3.30. The monoisotopic (exact) mass is 261 g/mol. The van der Waals surface area contributed by atoms with Gasteiger partial charge in [-0.15, -0.1) is 0 Å². The summed E-state index contributed by atoms with van der Waals surface area (Å²) in [6, 6.07) is 4.47. The van der Waals surface area contributed by atoms with Crippen LogP contribution in [0.4, 0.5) is 5.69 Å². The van der Waals surface area contributed by atoms with Gasteiger partial charge in [-0.3, -0.25) is 0 Å². The van der Waals surface area contributed by atoms with Gasteiger partial charge in [0.25, 0.3) is 0 Å². The molecule has 0 aromatic heterocycles. The number of anilines is 1. The number of benzene rings is 1. The fraction of sp³-hybridized carbons (Fsp3) is 0.455. The normalized spacial score (nSPS) is 13.7. The van der Waals surface area contributed by atoms with Gasteiger partial charge in [-0.05, 0) is 24.1 Å². The van der Waals surface area contributed by atoms with E-state index in [4.69, 9.17) is 17.3 Å². The maximum absolute atomic E-state index is 12.0. The summed E-state index contributed by atoms with van der Waals surface area (Å²) in [4.78, 5) is 0.178. The van der Waals surface area contributed by atoms with E-state index in [2.05, 4.69) is 0 Å². The molecule has 3 nitrogen and oxygen atoms in total. The Kier molecular flexibility index (Phi) is 4.21. The number of nitrogens with two attached hydrogens (primary N) is 1. The van der Waals surface area contributed by atoms with E-state index in [0.717, 1.165) is 6.42 Å². The molecule has 0 spiro atoms. The number of nitrogen functional groups attached to an aromatic ring is 1. The van der Waals surface area contributed by atoms with Gasteiger partial charge in [0.15, 0.2) is 9.84 Å². The summed E-state index contributed by atoms with van der Waals surface area (Å²) in [7, 11) is -3.30. The van der Waals surface area contributed by atoms with E-state index in [9.17, 15) is 8.42 Å². The molecule has 1 aromatic carbocycles. The van der Waals surface area contributed by atoms with Crippen molar-refractivity contribution >= 4 is 27.1 Å². The van der Waals surface area contributed by atoms with Gasteiger partial charge in [-0.25, -0.2) is 8.42 Å². The van der Waals surface area contributed by atoms with Crippen LogP contribution in [-0.4, -0.2) is 14.2 Å². The maximum atomic E-state index is 12.0. The molecule has 0 radical (unpaired) electrons. The SMILES string of the molecule is CCC(C)CS(=O)(=O)c1ccc(Cl)cc1N. The van der Waals surface area contributed by atoms with Crippen LogP contribution in [0.3, 0.4) is 0 Å². The molecule has 0 heterocycles. The summed E-state index contributed by atoms with van der Waals surface area (Å²) in [6.07, 6.45) is 0.826. The molecule has 2 N–H and O–H groups in total. The molecule has 0 aliphatic heterocycles. The van der Waals surface area contributed by atoms with E-state index < -0.39 is 9.84 Å². The molecule has 0 saturated heterocycles. The third kappa shape index (κ3) is 3.12. The van der Waals surface area contributed by atoms with Crippen molar-refractivity contribution in [1.82, 2.24) is 0 Å². The number of halogens is 1. The van der Waals surface area contributed by atoms with Gasteiger partial charge in [0.05, 0.1) is 16.3 Å². The van der Waals surface area contributed by atoms with E-state index in [-0.39, 0.29) is 22.3 Å². The van der Waals surface area contributed by atoms with Crippen molar-refractivity contribution in [2.75, 3.05) is 11.5 Å². The van der Waals surface area contributed by atoms with Crippen LogP contribution in [-0.2, 0) is 9.84 Å². The molecule has 1 atom stereocenters. The van der Waals surface area contributed by atoms with Crippen molar-refractivity contribution in [3.8, 4) is 0 Å². The second kappa shape index (κ2) is 5.06. The number of rotatable bonds is 4. The van der Waals surface area contributed by atoms with Crippen LogP contribution in [0.1, 0.15) is 20.3 Å². The molecule has 0 saturated carbocycles. The summed E-state index contributed by atoms with van der Waals surface area (Å²) < 4.78 is 24.0. The van der Waals surface area contributed by atoms with Gasteiger partial charge >= 0.3 is 0 Å². The van der Waals surface area contributed by atoms with E-state index >= 15 is 0 Å². The average Bonchev–Trinajstić information content (AvgIpc) is 2.16. The van der Waals surface area contributed by atoms with E-state index in [1.54, 1.807) is 6.07 Å². The maximum Gasteiger partial charge on any atom is 0.180 e. The Morgan fingerprint density at radius 1 is 1.44 bits per heavy atom. The fourth-order valence-electron chi connectivity index (χ4n) is 1.38. The predicted molar refractivity (Wildman–Crippen MR) is 67.4 cm³/mol. The Balaban J connectivity index is 3.08. The highest BCUT2D eigenvalue weighted by Crippen LogP contribution is 2.25. The lowest BCUT2D eigenvalue weighted by atomic mass is 10.2. The molecule has 0 fully saturated rings. The largest absolute Gasteiger partial charge is 0.398 e. The third-order valence-electron chi connectivity index (χ3n) is 2.51.